The molecule has 126 valence electrons. The molecule has 1 aliphatic rings. The first kappa shape index (κ1) is 16.8. The van der Waals surface area contributed by atoms with Crippen molar-refractivity contribution in [1.29, 1.82) is 0 Å². The van der Waals surface area contributed by atoms with Crippen molar-refractivity contribution in [2.24, 2.45) is 0 Å². The third-order valence-electron chi connectivity index (χ3n) is 4.11. The molecule has 5 heteroatoms. The van der Waals surface area contributed by atoms with Crippen molar-refractivity contribution in [2.45, 2.75) is 25.6 Å². The number of carbonyl (C=O) groups is 1. The molecule has 1 N–H and O–H groups in total. The number of amides is 1. The van der Waals surface area contributed by atoms with Gasteiger partial charge in [-0.15, -0.1) is 0 Å². The van der Waals surface area contributed by atoms with E-state index in [0.29, 0.717) is 36.0 Å². The summed E-state index contributed by atoms with van der Waals surface area (Å²) in [6.45, 7) is 1.41. The molecule has 1 heterocycles. The normalized spacial score (nSPS) is 17.6. The number of halogens is 1. The molecule has 0 bridgehead atoms. The summed E-state index contributed by atoms with van der Waals surface area (Å²) in [7, 11) is 0. The van der Waals surface area contributed by atoms with E-state index in [1.54, 1.807) is 17.0 Å². The largest absolute Gasteiger partial charge is 0.488 e. The Balaban J connectivity index is 1.72. The van der Waals surface area contributed by atoms with E-state index >= 15 is 0 Å². The molecule has 0 aliphatic carbocycles. The summed E-state index contributed by atoms with van der Waals surface area (Å²) in [6.07, 6.45) is 1.13. The minimum Gasteiger partial charge on any atom is -0.488 e. The van der Waals surface area contributed by atoms with Gasteiger partial charge in [-0.05, 0) is 42.7 Å². The lowest BCUT2D eigenvalue weighted by atomic mass is 10.1. The van der Waals surface area contributed by atoms with Gasteiger partial charge in [-0.2, -0.15) is 0 Å². The van der Waals surface area contributed by atoms with Gasteiger partial charge in [0.05, 0.1) is 11.7 Å². The molecule has 1 amide bonds. The maximum Gasteiger partial charge on any atom is 0.257 e. The van der Waals surface area contributed by atoms with Crippen LogP contribution in [0.5, 0.6) is 5.75 Å². The fourth-order valence-corrected chi connectivity index (χ4v) is 2.95. The lowest BCUT2D eigenvalue weighted by Crippen LogP contribution is -2.42. The molecule has 2 aromatic rings. The Kier molecular flexibility index (Phi) is 5.38. The predicted octanol–water partition coefficient (Wildman–Crippen LogP) is 3.52. The summed E-state index contributed by atoms with van der Waals surface area (Å²) >= 11 is 5.88. The third-order valence-corrected chi connectivity index (χ3v) is 4.36. The number of rotatable bonds is 4. The van der Waals surface area contributed by atoms with Gasteiger partial charge < -0.3 is 14.7 Å². The van der Waals surface area contributed by atoms with E-state index in [2.05, 4.69) is 0 Å². The number of benzene rings is 2. The highest BCUT2D eigenvalue weighted by Crippen LogP contribution is 2.23. The SMILES string of the molecule is O=C(c1ccccc1OCc1ccc(Cl)cc1)N1CCCC(O)C1. The molecule has 0 aromatic heterocycles. The summed E-state index contributed by atoms with van der Waals surface area (Å²) in [5.74, 6) is 0.456. The number of likely N-dealkylation sites (tertiary alicyclic amines) is 1. The number of nitrogens with zero attached hydrogens (tertiary/aromatic N) is 1. The van der Waals surface area contributed by atoms with Crippen molar-refractivity contribution in [3.8, 4) is 5.75 Å². The summed E-state index contributed by atoms with van der Waals surface area (Å²) in [4.78, 5) is 14.4. The van der Waals surface area contributed by atoms with Crippen LogP contribution in [0.3, 0.4) is 0 Å². The summed E-state index contributed by atoms with van der Waals surface area (Å²) < 4.78 is 5.85. The van der Waals surface area contributed by atoms with Gasteiger partial charge >= 0.3 is 0 Å². The molecule has 0 spiro atoms. The lowest BCUT2D eigenvalue weighted by molar-refractivity contribution is 0.0470. The minimum atomic E-state index is -0.440. The second-order valence-electron chi connectivity index (χ2n) is 5.96. The van der Waals surface area contributed by atoms with Gasteiger partial charge in [-0.1, -0.05) is 35.9 Å². The Morgan fingerprint density at radius 2 is 1.96 bits per heavy atom. The fraction of sp³-hybridized carbons (Fsp3) is 0.316. The van der Waals surface area contributed by atoms with Crippen molar-refractivity contribution in [3.05, 3.63) is 64.7 Å². The average molecular weight is 346 g/mol. The smallest absolute Gasteiger partial charge is 0.257 e. The van der Waals surface area contributed by atoms with Crippen LogP contribution in [0.4, 0.5) is 0 Å². The van der Waals surface area contributed by atoms with Gasteiger partial charge in [0.1, 0.15) is 12.4 Å². The number of hydrogen-bond donors (Lipinski definition) is 1. The van der Waals surface area contributed by atoms with Gasteiger partial charge in [-0.3, -0.25) is 4.79 Å². The second kappa shape index (κ2) is 7.69. The Labute approximate surface area is 146 Å². The van der Waals surface area contributed by atoms with E-state index in [1.807, 2.05) is 36.4 Å². The van der Waals surface area contributed by atoms with Crippen LogP contribution < -0.4 is 4.74 Å². The van der Waals surface area contributed by atoms with Crippen LogP contribution in [0.2, 0.25) is 5.02 Å². The van der Waals surface area contributed by atoms with Crippen molar-refractivity contribution < 1.29 is 14.6 Å². The highest BCUT2D eigenvalue weighted by molar-refractivity contribution is 6.30. The molecule has 24 heavy (non-hydrogen) atoms. The number of aliphatic hydroxyl groups is 1. The monoisotopic (exact) mass is 345 g/mol. The van der Waals surface area contributed by atoms with E-state index in [1.165, 1.54) is 0 Å². The molecule has 1 saturated heterocycles. The number of piperidine rings is 1. The number of hydrogen-bond acceptors (Lipinski definition) is 3. The quantitative estimate of drug-likeness (QED) is 0.922. The molecule has 4 nitrogen and oxygen atoms in total. The molecule has 1 fully saturated rings. The minimum absolute atomic E-state index is 0.0968. The van der Waals surface area contributed by atoms with Crippen LogP contribution in [-0.2, 0) is 6.61 Å². The highest BCUT2D eigenvalue weighted by Gasteiger charge is 2.25. The maximum absolute atomic E-state index is 12.7. The van der Waals surface area contributed by atoms with Crippen molar-refractivity contribution >= 4 is 17.5 Å². The number of para-hydroxylation sites is 1. The summed E-state index contributed by atoms with van der Waals surface area (Å²) in [5, 5.41) is 10.5. The molecule has 2 aromatic carbocycles. The number of aliphatic hydroxyl groups excluding tert-OH is 1. The van der Waals surface area contributed by atoms with Crippen LogP contribution in [-0.4, -0.2) is 35.1 Å². The zero-order valence-electron chi connectivity index (χ0n) is 13.3. The molecule has 1 atom stereocenters. The molecule has 1 unspecified atom stereocenters. The van der Waals surface area contributed by atoms with Crippen LogP contribution in [0, 0.1) is 0 Å². The van der Waals surface area contributed by atoms with E-state index in [-0.39, 0.29) is 5.91 Å². The van der Waals surface area contributed by atoms with Crippen molar-refractivity contribution in [2.75, 3.05) is 13.1 Å². The van der Waals surface area contributed by atoms with Crippen molar-refractivity contribution in [3.63, 3.8) is 0 Å². The van der Waals surface area contributed by atoms with Crippen LogP contribution in [0.1, 0.15) is 28.8 Å². The Morgan fingerprint density at radius 1 is 1.21 bits per heavy atom. The first-order chi connectivity index (χ1) is 11.6. The third kappa shape index (κ3) is 4.08. The van der Waals surface area contributed by atoms with E-state index in [0.717, 1.165) is 18.4 Å². The number of carbonyl (C=O) groups excluding carboxylic acids is 1. The Hall–Kier alpha value is -2.04. The lowest BCUT2D eigenvalue weighted by Gasteiger charge is -2.30. The van der Waals surface area contributed by atoms with E-state index in [4.69, 9.17) is 16.3 Å². The highest BCUT2D eigenvalue weighted by atomic mass is 35.5. The predicted molar refractivity (Wildman–Crippen MR) is 93.4 cm³/mol. The Bertz CT molecular complexity index is 702. The van der Waals surface area contributed by atoms with Crippen LogP contribution >= 0.6 is 11.6 Å². The summed E-state index contributed by atoms with van der Waals surface area (Å²) in [6, 6.07) is 14.6. The van der Waals surface area contributed by atoms with Gasteiger partial charge in [0, 0.05) is 18.1 Å². The number of β-amino-alcohol motifs (C(OH)–C–C–N with tert-alkyl or cyclic N) is 1. The fourth-order valence-electron chi connectivity index (χ4n) is 2.82. The zero-order valence-corrected chi connectivity index (χ0v) is 14.1. The summed E-state index contributed by atoms with van der Waals surface area (Å²) in [5.41, 5.74) is 1.51. The van der Waals surface area contributed by atoms with Gasteiger partial charge in [0.2, 0.25) is 0 Å². The first-order valence-corrected chi connectivity index (χ1v) is 8.45. The standard InChI is InChI=1S/C19H20ClNO3/c20-15-9-7-14(8-10-15)13-24-18-6-2-1-5-17(18)19(23)21-11-3-4-16(22)12-21/h1-2,5-10,16,22H,3-4,11-13H2. The molecule has 0 radical (unpaired) electrons. The van der Waals surface area contributed by atoms with E-state index in [9.17, 15) is 9.90 Å². The average Bonchev–Trinajstić information content (AvgIpc) is 2.61. The first-order valence-electron chi connectivity index (χ1n) is 8.07. The van der Waals surface area contributed by atoms with Crippen LogP contribution in [0.25, 0.3) is 0 Å². The zero-order chi connectivity index (χ0) is 16.9. The Morgan fingerprint density at radius 3 is 2.71 bits per heavy atom. The van der Waals surface area contributed by atoms with Gasteiger partial charge in [0.25, 0.3) is 5.91 Å². The van der Waals surface area contributed by atoms with Crippen LogP contribution in [0.15, 0.2) is 48.5 Å². The molecule has 0 saturated carbocycles. The van der Waals surface area contributed by atoms with Gasteiger partial charge in [-0.25, -0.2) is 0 Å². The topological polar surface area (TPSA) is 49.8 Å². The van der Waals surface area contributed by atoms with E-state index < -0.39 is 6.10 Å². The second-order valence-corrected chi connectivity index (χ2v) is 6.39. The number of ether oxygens (including phenoxy) is 1. The molecule has 1 aliphatic heterocycles. The molecular weight excluding hydrogens is 326 g/mol. The maximum atomic E-state index is 12.7. The van der Waals surface area contributed by atoms with Gasteiger partial charge in [0.15, 0.2) is 0 Å². The van der Waals surface area contributed by atoms with Crippen molar-refractivity contribution in [1.82, 2.24) is 4.90 Å². The molecule has 3 rings (SSSR count). The molecular formula is C19H20ClNO3.